The lowest BCUT2D eigenvalue weighted by molar-refractivity contribution is 1.71. The first kappa shape index (κ1) is 8.76. The molecule has 0 saturated heterocycles. The second-order valence-electron chi connectivity index (χ2n) is 1.44. The summed E-state index contributed by atoms with van der Waals surface area (Å²) < 4.78 is 0. The molecule has 0 heterocycles. The maximum atomic E-state index is 5.56. The lowest BCUT2D eigenvalue weighted by atomic mass is 10.4. The van der Waals surface area contributed by atoms with Gasteiger partial charge in [0.1, 0.15) is 0 Å². The van der Waals surface area contributed by atoms with E-state index in [9.17, 15) is 0 Å². The zero-order chi connectivity index (χ0) is 5.98. The van der Waals surface area contributed by atoms with E-state index in [0.717, 1.165) is 0 Å². The van der Waals surface area contributed by atoms with Crippen molar-refractivity contribution in [1.29, 1.82) is 0 Å². The molecule has 0 amide bonds. The van der Waals surface area contributed by atoms with E-state index in [1.165, 1.54) is 0 Å². The Balaban J connectivity index is 0.000000640. The summed E-state index contributed by atoms with van der Waals surface area (Å²) in [6.07, 6.45) is 0. The van der Waals surface area contributed by atoms with E-state index in [4.69, 9.17) is 23.2 Å². The Hall–Kier alpha value is -0.240. The second kappa shape index (κ2) is 3.72. The average Bonchev–Trinajstić information content (AvgIpc) is 1.64. The van der Waals surface area contributed by atoms with E-state index < -0.39 is 0 Å². The van der Waals surface area contributed by atoms with Gasteiger partial charge in [0.05, 0.1) is 0 Å². The molecular formula is C6H7Cl2N. The van der Waals surface area contributed by atoms with Gasteiger partial charge in [0.2, 0.25) is 0 Å². The van der Waals surface area contributed by atoms with Crippen LogP contribution < -0.4 is 6.15 Å². The third kappa shape index (κ3) is 2.70. The largest absolute Gasteiger partial charge is 0.344 e. The summed E-state index contributed by atoms with van der Waals surface area (Å²) in [5.41, 5.74) is 0. The Kier molecular flexibility index (Phi) is 3.62. The molecule has 0 unspecified atom stereocenters. The summed E-state index contributed by atoms with van der Waals surface area (Å²) in [4.78, 5) is 0. The standard InChI is InChI=1S/C6H4Cl2.H3N/c7-5-2-1-3-6(8)4-5;/h1-4H;1H3. The van der Waals surface area contributed by atoms with Crippen LogP contribution in [-0.4, -0.2) is 0 Å². The minimum atomic E-state index is 0. The fourth-order valence-electron chi connectivity index (χ4n) is 0.460. The van der Waals surface area contributed by atoms with Crippen LogP contribution in [0.2, 0.25) is 10.0 Å². The van der Waals surface area contributed by atoms with Gasteiger partial charge in [-0.1, -0.05) is 29.3 Å². The molecule has 1 nitrogen and oxygen atoms in total. The molecule has 0 bridgehead atoms. The van der Waals surface area contributed by atoms with E-state index in [1.54, 1.807) is 18.2 Å². The lowest BCUT2D eigenvalue weighted by Crippen LogP contribution is -1.61. The van der Waals surface area contributed by atoms with Gasteiger partial charge in [0.25, 0.3) is 0 Å². The Morgan fingerprint density at radius 1 is 1.00 bits per heavy atom. The van der Waals surface area contributed by atoms with Crippen molar-refractivity contribution in [2.24, 2.45) is 0 Å². The van der Waals surface area contributed by atoms with Crippen LogP contribution in [0.25, 0.3) is 0 Å². The van der Waals surface area contributed by atoms with Crippen molar-refractivity contribution in [1.82, 2.24) is 6.15 Å². The first-order valence-corrected chi connectivity index (χ1v) is 2.96. The third-order valence-electron chi connectivity index (χ3n) is 0.787. The van der Waals surface area contributed by atoms with Gasteiger partial charge in [0.15, 0.2) is 0 Å². The molecule has 0 aliphatic rings. The van der Waals surface area contributed by atoms with Gasteiger partial charge < -0.3 is 6.15 Å². The summed E-state index contributed by atoms with van der Waals surface area (Å²) in [7, 11) is 0. The van der Waals surface area contributed by atoms with Crippen molar-refractivity contribution in [2.75, 3.05) is 0 Å². The molecule has 3 heteroatoms. The number of hydrogen-bond donors (Lipinski definition) is 1. The number of hydrogen-bond acceptors (Lipinski definition) is 1. The fourth-order valence-corrected chi connectivity index (χ4v) is 0.896. The quantitative estimate of drug-likeness (QED) is 0.627. The van der Waals surface area contributed by atoms with Crippen molar-refractivity contribution in [2.45, 2.75) is 0 Å². The molecular weight excluding hydrogens is 157 g/mol. The minimum absolute atomic E-state index is 0. The maximum absolute atomic E-state index is 5.56. The van der Waals surface area contributed by atoms with Crippen LogP contribution in [-0.2, 0) is 0 Å². The predicted molar refractivity (Wildman–Crippen MR) is 41.5 cm³/mol. The van der Waals surface area contributed by atoms with Gasteiger partial charge in [-0.2, -0.15) is 0 Å². The zero-order valence-corrected chi connectivity index (χ0v) is 6.28. The molecule has 0 aliphatic heterocycles. The van der Waals surface area contributed by atoms with E-state index in [-0.39, 0.29) is 6.15 Å². The summed E-state index contributed by atoms with van der Waals surface area (Å²) in [6, 6.07) is 7.08. The Morgan fingerprint density at radius 2 is 1.44 bits per heavy atom. The Bertz CT molecular complexity index is 171. The number of benzene rings is 1. The van der Waals surface area contributed by atoms with Crippen molar-refractivity contribution in [3.63, 3.8) is 0 Å². The first-order valence-electron chi connectivity index (χ1n) is 2.20. The molecule has 0 spiro atoms. The van der Waals surface area contributed by atoms with Crippen LogP contribution in [0, 0.1) is 0 Å². The highest BCUT2D eigenvalue weighted by Gasteiger charge is 1.84. The monoisotopic (exact) mass is 163 g/mol. The molecule has 50 valence electrons. The van der Waals surface area contributed by atoms with Crippen LogP contribution in [0.15, 0.2) is 24.3 Å². The average molecular weight is 164 g/mol. The topological polar surface area (TPSA) is 35.0 Å². The summed E-state index contributed by atoms with van der Waals surface area (Å²) in [5.74, 6) is 0. The zero-order valence-electron chi connectivity index (χ0n) is 4.77. The van der Waals surface area contributed by atoms with Gasteiger partial charge in [-0.25, -0.2) is 0 Å². The first-order chi connectivity index (χ1) is 3.79. The molecule has 0 aromatic heterocycles. The molecule has 0 aliphatic carbocycles. The number of rotatable bonds is 0. The lowest BCUT2D eigenvalue weighted by Gasteiger charge is -1.86. The van der Waals surface area contributed by atoms with Gasteiger partial charge >= 0.3 is 0 Å². The number of halogens is 2. The van der Waals surface area contributed by atoms with Gasteiger partial charge in [-0.05, 0) is 18.2 Å². The van der Waals surface area contributed by atoms with Gasteiger partial charge in [-0.3, -0.25) is 0 Å². The van der Waals surface area contributed by atoms with E-state index in [1.807, 2.05) is 6.07 Å². The molecule has 0 saturated carbocycles. The van der Waals surface area contributed by atoms with Crippen LogP contribution in [0.5, 0.6) is 0 Å². The summed E-state index contributed by atoms with van der Waals surface area (Å²) in [6.45, 7) is 0. The van der Waals surface area contributed by atoms with Crippen LogP contribution in [0.3, 0.4) is 0 Å². The summed E-state index contributed by atoms with van der Waals surface area (Å²) >= 11 is 11.1. The van der Waals surface area contributed by atoms with Gasteiger partial charge in [0, 0.05) is 10.0 Å². The third-order valence-corrected chi connectivity index (χ3v) is 1.26. The molecule has 1 rings (SSSR count). The second-order valence-corrected chi connectivity index (χ2v) is 2.31. The SMILES string of the molecule is Clc1cccc(Cl)c1.N. The van der Waals surface area contributed by atoms with Crippen LogP contribution >= 0.6 is 23.2 Å². The highest BCUT2D eigenvalue weighted by Crippen LogP contribution is 2.13. The summed E-state index contributed by atoms with van der Waals surface area (Å²) in [5, 5.41) is 1.36. The molecule has 0 radical (unpaired) electrons. The van der Waals surface area contributed by atoms with Crippen molar-refractivity contribution < 1.29 is 0 Å². The van der Waals surface area contributed by atoms with Crippen LogP contribution in [0.4, 0.5) is 0 Å². The normalized spacial score (nSPS) is 8.22. The van der Waals surface area contributed by atoms with Gasteiger partial charge in [-0.15, -0.1) is 0 Å². The van der Waals surface area contributed by atoms with E-state index >= 15 is 0 Å². The van der Waals surface area contributed by atoms with E-state index in [2.05, 4.69) is 0 Å². The van der Waals surface area contributed by atoms with Crippen molar-refractivity contribution >= 4 is 23.2 Å². The fraction of sp³-hybridized carbons (Fsp3) is 0. The molecule has 9 heavy (non-hydrogen) atoms. The minimum Gasteiger partial charge on any atom is -0.344 e. The predicted octanol–water partition coefficient (Wildman–Crippen LogP) is 3.16. The Morgan fingerprint density at radius 3 is 1.67 bits per heavy atom. The van der Waals surface area contributed by atoms with E-state index in [0.29, 0.717) is 10.0 Å². The smallest absolute Gasteiger partial charge is 0.0420 e. The highest BCUT2D eigenvalue weighted by molar-refractivity contribution is 6.34. The molecule has 0 atom stereocenters. The molecule has 1 aromatic rings. The molecule has 1 aromatic carbocycles. The molecule has 3 N–H and O–H groups in total. The van der Waals surface area contributed by atoms with Crippen molar-refractivity contribution in [3.05, 3.63) is 34.3 Å². The maximum Gasteiger partial charge on any atom is 0.0420 e. The molecule has 0 fully saturated rings. The highest BCUT2D eigenvalue weighted by atomic mass is 35.5. The van der Waals surface area contributed by atoms with Crippen molar-refractivity contribution in [3.8, 4) is 0 Å². The Labute approximate surface area is 64.2 Å². The van der Waals surface area contributed by atoms with Crippen LogP contribution in [0.1, 0.15) is 0 Å².